The Hall–Kier alpha value is -2.63. The molecule has 1 aromatic carbocycles. The van der Waals surface area contributed by atoms with Crippen LogP contribution in [0.3, 0.4) is 0 Å². The number of carboxylic acids is 1. The molecule has 1 saturated carbocycles. The number of hydrogen-bond donors (Lipinski definition) is 3. The van der Waals surface area contributed by atoms with E-state index < -0.39 is 5.97 Å². The molecule has 0 spiro atoms. The van der Waals surface area contributed by atoms with Crippen molar-refractivity contribution < 1.29 is 14.7 Å². The second-order valence-electron chi connectivity index (χ2n) is 7.08. The summed E-state index contributed by atoms with van der Waals surface area (Å²) >= 11 is 0. The molecular weight excluding hydrogens is 330 g/mol. The smallest absolute Gasteiger partial charge is 0.306 e. The van der Waals surface area contributed by atoms with Crippen molar-refractivity contribution in [2.75, 3.05) is 5.32 Å². The van der Waals surface area contributed by atoms with Crippen LogP contribution in [0, 0.1) is 18.8 Å². The zero-order valence-corrected chi connectivity index (χ0v) is 15.0. The molecule has 1 heterocycles. The first-order valence-electron chi connectivity index (χ1n) is 9.15. The van der Waals surface area contributed by atoms with Crippen LogP contribution >= 0.6 is 0 Å². The van der Waals surface area contributed by atoms with E-state index in [-0.39, 0.29) is 17.7 Å². The predicted octanol–water partition coefficient (Wildman–Crippen LogP) is 3.33. The van der Waals surface area contributed by atoms with Crippen molar-refractivity contribution in [3.05, 3.63) is 47.2 Å². The second-order valence-corrected chi connectivity index (χ2v) is 7.08. The molecule has 0 bridgehead atoms. The summed E-state index contributed by atoms with van der Waals surface area (Å²) in [5.74, 6) is -0.717. The SMILES string of the molecule is Cc1ccccc1CCc1cc(NC(=O)C2CCC(C(=O)O)CC2)n[nH]1. The van der Waals surface area contributed by atoms with Crippen molar-refractivity contribution >= 4 is 17.7 Å². The van der Waals surface area contributed by atoms with Crippen LogP contribution in [0.15, 0.2) is 30.3 Å². The summed E-state index contributed by atoms with van der Waals surface area (Å²) in [5.41, 5.74) is 3.57. The molecule has 1 fully saturated rings. The molecule has 0 unspecified atom stereocenters. The maximum atomic E-state index is 12.4. The van der Waals surface area contributed by atoms with Gasteiger partial charge in [0.05, 0.1) is 5.92 Å². The highest BCUT2D eigenvalue weighted by Gasteiger charge is 2.29. The fraction of sp³-hybridized carbons (Fsp3) is 0.450. The molecule has 0 atom stereocenters. The topological polar surface area (TPSA) is 95.1 Å². The normalized spacial score (nSPS) is 19.9. The summed E-state index contributed by atoms with van der Waals surface area (Å²) in [6.45, 7) is 2.10. The molecule has 1 aliphatic carbocycles. The average Bonchev–Trinajstić information content (AvgIpc) is 3.08. The molecule has 1 amide bonds. The van der Waals surface area contributed by atoms with Gasteiger partial charge in [-0.1, -0.05) is 24.3 Å². The van der Waals surface area contributed by atoms with E-state index in [1.807, 2.05) is 18.2 Å². The van der Waals surface area contributed by atoms with E-state index in [1.165, 1.54) is 11.1 Å². The minimum Gasteiger partial charge on any atom is -0.481 e. The zero-order chi connectivity index (χ0) is 18.5. The molecule has 26 heavy (non-hydrogen) atoms. The van der Waals surface area contributed by atoms with Crippen molar-refractivity contribution in [3.8, 4) is 0 Å². The number of benzene rings is 1. The minimum absolute atomic E-state index is 0.0641. The number of carbonyl (C=O) groups excluding carboxylic acids is 1. The van der Waals surface area contributed by atoms with Crippen LogP contribution in [-0.2, 0) is 22.4 Å². The third-order valence-corrected chi connectivity index (χ3v) is 5.25. The van der Waals surface area contributed by atoms with Gasteiger partial charge in [0.25, 0.3) is 0 Å². The van der Waals surface area contributed by atoms with Crippen molar-refractivity contribution in [2.45, 2.75) is 45.4 Å². The van der Waals surface area contributed by atoms with Crippen LogP contribution in [0.4, 0.5) is 5.82 Å². The lowest BCUT2D eigenvalue weighted by Crippen LogP contribution is -2.29. The fourth-order valence-electron chi connectivity index (χ4n) is 3.54. The Balaban J connectivity index is 1.50. The molecule has 6 nitrogen and oxygen atoms in total. The van der Waals surface area contributed by atoms with Crippen molar-refractivity contribution in [3.63, 3.8) is 0 Å². The van der Waals surface area contributed by atoms with E-state index in [0.29, 0.717) is 31.5 Å². The molecule has 0 aliphatic heterocycles. The standard InChI is InChI=1S/C20H25N3O3/c1-13-4-2-3-5-14(13)10-11-17-12-18(23-22-17)21-19(24)15-6-8-16(9-7-15)20(25)26/h2-5,12,15-16H,6-11H2,1H3,(H,25,26)(H2,21,22,23,24). The first-order chi connectivity index (χ1) is 12.5. The van der Waals surface area contributed by atoms with E-state index in [2.05, 4.69) is 34.6 Å². The maximum absolute atomic E-state index is 12.4. The van der Waals surface area contributed by atoms with Gasteiger partial charge in [-0.15, -0.1) is 0 Å². The molecule has 138 valence electrons. The number of aliphatic carboxylic acids is 1. The van der Waals surface area contributed by atoms with Gasteiger partial charge in [-0.25, -0.2) is 0 Å². The van der Waals surface area contributed by atoms with Gasteiger partial charge in [0.2, 0.25) is 5.91 Å². The number of carbonyl (C=O) groups is 2. The molecule has 1 aliphatic rings. The molecule has 3 N–H and O–H groups in total. The molecule has 1 aromatic heterocycles. The maximum Gasteiger partial charge on any atom is 0.306 e. The number of aryl methyl sites for hydroxylation is 3. The van der Waals surface area contributed by atoms with Crippen molar-refractivity contribution in [1.29, 1.82) is 0 Å². The molecule has 0 radical (unpaired) electrons. The first kappa shape index (κ1) is 18.2. The summed E-state index contributed by atoms with van der Waals surface area (Å²) in [5, 5.41) is 19.1. The number of aromatic nitrogens is 2. The fourth-order valence-corrected chi connectivity index (χ4v) is 3.54. The minimum atomic E-state index is -0.755. The van der Waals surface area contributed by atoms with Crippen LogP contribution in [0.25, 0.3) is 0 Å². The van der Waals surface area contributed by atoms with Crippen LogP contribution in [0.1, 0.15) is 42.5 Å². The molecule has 3 rings (SSSR count). The first-order valence-corrected chi connectivity index (χ1v) is 9.15. The van der Waals surface area contributed by atoms with Gasteiger partial charge in [-0.3, -0.25) is 14.7 Å². The van der Waals surface area contributed by atoms with Crippen LogP contribution in [-0.4, -0.2) is 27.2 Å². The van der Waals surface area contributed by atoms with E-state index in [0.717, 1.165) is 18.5 Å². The highest BCUT2D eigenvalue weighted by atomic mass is 16.4. The van der Waals surface area contributed by atoms with E-state index in [9.17, 15) is 9.59 Å². The molecular formula is C20H25N3O3. The number of aromatic amines is 1. The second kappa shape index (κ2) is 8.17. The Morgan fingerprint density at radius 2 is 1.85 bits per heavy atom. The molecule has 0 saturated heterocycles. The zero-order valence-electron chi connectivity index (χ0n) is 15.0. The Kier molecular flexibility index (Phi) is 5.71. The Labute approximate surface area is 153 Å². The van der Waals surface area contributed by atoms with E-state index >= 15 is 0 Å². The van der Waals surface area contributed by atoms with Gasteiger partial charge in [0.1, 0.15) is 0 Å². The van der Waals surface area contributed by atoms with Gasteiger partial charge >= 0.3 is 5.97 Å². The van der Waals surface area contributed by atoms with Crippen molar-refractivity contribution in [1.82, 2.24) is 10.2 Å². The van der Waals surface area contributed by atoms with Gasteiger partial charge in [-0.2, -0.15) is 5.10 Å². The lowest BCUT2D eigenvalue weighted by Gasteiger charge is -2.24. The number of H-pyrrole nitrogens is 1. The summed E-state index contributed by atoms with van der Waals surface area (Å²) in [7, 11) is 0. The van der Waals surface area contributed by atoms with E-state index in [4.69, 9.17) is 5.11 Å². The van der Waals surface area contributed by atoms with Gasteiger partial charge < -0.3 is 10.4 Å². The number of nitrogens with zero attached hydrogens (tertiary/aromatic N) is 1. The van der Waals surface area contributed by atoms with E-state index in [1.54, 1.807) is 0 Å². The quantitative estimate of drug-likeness (QED) is 0.741. The van der Waals surface area contributed by atoms with Crippen LogP contribution in [0.2, 0.25) is 0 Å². The Morgan fingerprint density at radius 3 is 2.54 bits per heavy atom. The van der Waals surface area contributed by atoms with Crippen molar-refractivity contribution in [2.24, 2.45) is 11.8 Å². The average molecular weight is 355 g/mol. The summed E-state index contributed by atoms with van der Waals surface area (Å²) in [4.78, 5) is 23.4. The Morgan fingerprint density at radius 1 is 1.15 bits per heavy atom. The van der Waals surface area contributed by atoms with Crippen LogP contribution < -0.4 is 5.32 Å². The summed E-state index contributed by atoms with van der Waals surface area (Å²) in [6, 6.07) is 10.2. The summed E-state index contributed by atoms with van der Waals surface area (Å²) < 4.78 is 0. The lowest BCUT2D eigenvalue weighted by molar-refractivity contribution is -0.143. The molecule has 2 aromatic rings. The predicted molar refractivity (Wildman–Crippen MR) is 98.9 cm³/mol. The third kappa shape index (κ3) is 4.50. The monoisotopic (exact) mass is 355 g/mol. The Bertz CT molecular complexity index is 776. The van der Waals surface area contributed by atoms with Gasteiger partial charge in [0.15, 0.2) is 5.82 Å². The number of amides is 1. The third-order valence-electron chi connectivity index (χ3n) is 5.25. The van der Waals surface area contributed by atoms with Crippen LogP contribution in [0.5, 0.6) is 0 Å². The number of anilines is 1. The highest BCUT2D eigenvalue weighted by molar-refractivity contribution is 5.91. The highest BCUT2D eigenvalue weighted by Crippen LogP contribution is 2.29. The number of nitrogens with one attached hydrogen (secondary N) is 2. The van der Waals surface area contributed by atoms with Gasteiger partial charge in [-0.05, 0) is 56.6 Å². The number of hydrogen-bond acceptors (Lipinski definition) is 3. The molecule has 6 heteroatoms. The lowest BCUT2D eigenvalue weighted by atomic mass is 9.81. The summed E-state index contributed by atoms with van der Waals surface area (Å²) in [6.07, 6.45) is 4.12. The number of carboxylic acid groups (broad SMARTS) is 1. The van der Waals surface area contributed by atoms with Gasteiger partial charge in [0, 0.05) is 17.7 Å². The largest absolute Gasteiger partial charge is 0.481 e. The number of rotatable bonds is 6.